The lowest BCUT2D eigenvalue weighted by Crippen LogP contribution is -2.25. The van der Waals surface area contributed by atoms with Crippen molar-refractivity contribution in [3.63, 3.8) is 0 Å². The van der Waals surface area contributed by atoms with Gasteiger partial charge in [-0.1, -0.05) is 24.3 Å². The van der Waals surface area contributed by atoms with Crippen molar-refractivity contribution >= 4 is 26.7 Å². The average molecular weight is 479 g/mol. The van der Waals surface area contributed by atoms with Gasteiger partial charge in [0.15, 0.2) is 0 Å². The molecule has 0 bridgehead atoms. The van der Waals surface area contributed by atoms with Crippen LogP contribution >= 0.6 is 15.9 Å². The Kier molecular flexibility index (Phi) is 5.33. The largest absolute Gasteiger partial charge is 0.573 e. The van der Waals surface area contributed by atoms with Crippen LogP contribution in [0.25, 0.3) is 21.9 Å². The predicted molar refractivity (Wildman–Crippen MR) is 108 cm³/mol. The molecule has 4 rings (SSSR count). The number of hydrogen-bond donors (Lipinski definition) is 0. The second-order valence-corrected chi connectivity index (χ2v) is 7.38. The van der Waals surface area contributed by atoms with Crippen molar-refractivity contribution in [1.82, 2.24) is 19.6 Å². The number of fused-ring (bicyclic) bond motifs is 1. The molecule has 0 atom stereocenters. The fourth-order valence-electron chi connectivity index (χ4n) is 3.02. The number of rotatable bonds is 5. The summed E-state index contributed by atoms with van der Waals surface area (Å²) in [6.45, 7) is 0.820. The van der Waals surface area contributed by atoms with Crippen LogP contribution in [0.15, 0.2) is 70.3 Å². The minimum Gasteiger partial charge on any atom is -0.406 e. The highest BCUT2D eigenvalue weighted by Crippen LogP contribution is 2.27. The molecule has 30 heavy (non-hydrogen) atoms. The molecule has 0 N–H and O–H groups in total. The van der Waals surface area contributed by atoms with Gasteiger partial charge in [-0.3, -0.25) is 9.48 Å². The maximum atomic E-state index is 12.9. The Morgan fingerprint density at radius 2 is 1.70 bits per heavy atom. The molecule has 2 aromatic heterocycles. The number of hydrogen-bond acceptors (Lipinski definition) is 4. The molecule has 0 aliphatic rings. The number of aryl methyl sites for hydroxylation is 2. The predicted octanol–water partition coefficient (Wildman–Crippen LogP) is 4.62. The molecule has 0 saturated heterocycles. The Morgan fingerprint density at radius 3 is 2.37 bits per heavy atom. The quantitative estimate of drug-likeness (QED) is 0.419. The molecule has 0 unspecified atom stereocenters. The van der Waals surface area contributed by atoms with Gasteiger partial charge in [-0.25, -0.2) is 4.68 Å². The highest BCUT2D eigenvalue weighted by Gasteiger charge is 2.30. The maximum absolute atomic E-state index is 12.9. The minimum absolute atomic E-state index is 0.252. The fraction of sp³-hybridized carbons (Fsp3) is 0.150. The second-order valence-electron chi connectivity index (χ2n) is 6.47. The second kappa shape index (κ2) is 7.94. The first-order valence-electron chi connectivity index (χ1n) is 8.82. The number of halogens is 4. The summed E-state index contributed by atoms with van der Waals surface area (Å²) in [5.41, 5.74) is 1.11. The molecule has 2 heterocycles. The molecule has 0 aliphatic carbocycles. The molecule has 0 fully saturated rings. The molecule has 2 aromatic carbocycles. The van der Waals surface area contributed by atoms with Crippen molar-refractivity contribution in [2.45, 2.75) is 19.5 Å². The third kappa shape index (κ3) is 4.54. The number of ether oxygens (including phenoxy) is 1. The van der Waals surface area contributed by atoms with Gasteiger partial charge in [-0.2, -0.15) is 10.2 Å². The highest BCUT2D eigenvalue weighted by atomic mass is 79.9. The van der Waals surface area contributed by atoms with Crippen LogP contribution in [0.2, 0.25) is 0 Å². The summed E-state index contributed by atoms with van der Waals surface area (Å²) in [4.78, 5) is 12.9. The Balaban J connectivity index is 1.61. The molecule has 0 radical (unpaired) electrons. The molecular weight excluding hydrogens is 465 g/mol. The van der Waals surface area contributed by atoms with Gasteiger partial charge < -0.3 is 4.74 Å². The Labute approximate surface area is 176 Å². The van der Waals surface area contributed by atoms with E-state index in [0.717, 1.165) is 4.47 Å². The van der Waals surface area contributed by atoms with E-state index in [1.165, 1.54) is 28.9 Å². The summed E-state index contributed by atoms with van der Waals surface area (Å²) in [6.07, 6.45) is 0.332. The Bertz CT molecular complexity index is 1250. The van der Waals surface area contributed by atoms with E-state index in [2.05, 4.69) is 30.9 Å². The zero-order chi connectivity index (χ0) is 21.3. The lowest BCUT2D eigenvalue weighted by Gasteiger charge is -2.10. The van der Waals surface area contributed by atoms with Crippen LogP contribution in [-0.4, -0.2) is 25.9 Å². The minimum atomic E-state index is -4.74. The van der Waals surface area contributed by atoms with Gasteiger partial charge in [-0.15, -0.1) is 13.2 Å². The van der Waals surface area contributed by atoms with Crippen molar-refractivity contribution in [1.29, 1.82) is 0 Å². The Hall–Kier alpha value is -3.14. The lowest BCUT2D eigenvalue weighted by atomic mass is 10.0. The standard InChI is InChI=1S/C20H14BrF3N4O2/c21-16-11-25-27(12-16)7-8-28-19(29)18-9-14(1-2-15(18)10-26-28)13-3-5-17(6-4-13)30-20(22,23)24/h1-6,9-12H,7-8H2. The monoisotopic (exact) mass is 478 g/mol. The van der Waals surface area contributed by atoms with E-state index in [-0.39, 0.29) is 11.3 Å². The normalized spacial score (nSPS) is 11.7. The van der Waals surface area contributed by atoms with Crippen molar-refractivity contribution in [2.75, 3.05) is 0 Å². The van der Waals surface area contributed by atoms with Crippen molar-refractivity contribution in [3.8, 4) is 16.9 Å². The van der Waals surface area contributed by atoms with Gasteiger partial charge in [0.25, 0.3) is 5.56 Å². The van der Waals surface area contributed by atoms with E-state index in [1.807, 2.05) is 0 Å². The third-order valence-electron chi connectivity index (χ3n) is 4.42. The number of nitrogens with zero attached hydrogens (tertiary/aromatic N) is 4. The molecule has 0 amide bonds. The van der Waals surface area contributed by atoms with Gasteiger partial charge in [0.1, 0.15) is 5.75 Å². The SMILES string of the molecule is O=c1c2cc(-c3ccc(OC(F)(F)F)cc3)ccc2cnn1CCn1cc(Br)cn1. The van der Waals surface area contributed by atoms with Crippen molar-refractivity contribution in [2.24, 2.45) is 0 Å². The van der Waals surface area contributed by atoms with Crippen molar-refractivity contribution < 1.29 is 17.9 Å². The number of alkyl halides is 3. The average Bonchev–Trinajstić information content (AvgIpc) is 3.12. The van der Waals surface area contributed by atoms with Gasteiger partial charge in [0.2, 0.25) is 0 Å². The summed E-state index contributed by atoms with van der Waals surface area (Å²) in [7, 11) is 0. The van der Waals surface area contributed by atoms with Crippen LogP contribution in [0.3, 0.4) is 0 Å². The molecule has 0 aliphatic heterocycles. The van der Waals surface area contributed by atoms with E-state index < -0.39 is 6.36 Å². The van der Waals surface area contributed by atoms with E-state index >= 15 is 0 Å². The first kappa shape index (κ1) is 20.1. The Morgan fingerprint density at radius 1 is 0.967 bits per heavy atom. The first-order chi connectivity index (χ1) is 14.3. The topological polar surface area (TPSA) is 61.9 Å². The molecule has 0 spiro atoms. The summed E-state index contributed by atoms with van der Waals surface area (Å²) in [5, 5.41) is 9.51. The van der Waals surface area contributed by atoms with Crippen LogP contribution in [0.5, 0.6) is 5.75 Å². The summed E-state index contributed by atoms with van der Waals surface area (Å²) >= 11 is 3.32. The fourth-order valence-corrected chi connectivity index (χ4v) is 3.35. The molecule has 10 heteroatoms. The van der Waals surface area contributed by atoms with Crippen LogP contribution < -0.4 is 10.3 Å². The summed E-state index contributed by atoms with van der Waals surface area (Å²) in [5.74, 6) is -0.302. The van der Waals surface area contributed by atoms with Crippen LogP contribution in [-0.2, 0) is 13.1 Å². The third-order valence-corrected chi connectivity index (χ3v) is 4.83. The molecule has 154 valence electrons. The lowest BCUT2D eigenvalue weighted by molar-refractivity contribution is -0.274. The molecule has 0 saturated carbocycles. The van der Waals surface area contributed by atoms with Crippen LogP contribution in [0.1, 0.15) is 0 Å². The van der Waals surface area contributed by atoms with Gasteiger partial charge >= 0.3 is 6.36 Å². The van der Waals surface area contributed by atoms with Crippen LogP contribution in [0.4, 0.5) is 13.2 Å². The molecule has 6 nitrogen and oxygen atoms in total. The summed E-state index contributed by atoms with van der Waals surface area (Å²) in [6, 6.07) is 10.7. The number of benzene rings is 2. The first-order valence-corrected chi connectivity index (χ1v) is 9.62. The molecular formula is C20H14BrF3N4O2. The zero-order valence-corrected chi connectivity index (χ0v) is 16.9. The van der Waals surface area contributed by atoms with Crippen LogP contribution in [0, 0.1) is 0 Å². The van der Waals surface area contributed by atoms with Gasteiger partial charge in [0.05, 0.1) is 35.3 Å². The van der Waals surface area contributed by atoms with Gasteiger partial charge in [-0.05, 0) is 45.3 Å². The van der Waals surface area contributed by atoms with E-state index in [9.17, 15) is 18.0 Å². The summed E-state index contributed by atoms with van der Waals surface area (Å²) < 4.78 is 44.8. The van der Waals surface area contributed by atoms with E-state index in [1.54, 1.807) is 41.5 Å². The highest BCUT2D eigenvalue weighted by molar-refractivity contribution is 9.10. The van der Waals surface area contributed by atoms with Gasteiger partial charge in [0, 0.05) is 11.6 Å². The zero-order valence-electron chi connectivity index (χ0n) is 15.3. The smallest absolute Gasteiger partial charge is 0.406 e. The maximum Gasteiger partial charge on any atom is 0.573 e. The van der Waals surface area contributed by atoms with E-state index in [0.29, 0.717) is 35.0 Å². The van der Waals surface area contributed by atoms with E-state index in [4.69, 9.17) is 0 Å². The molecule has 4 aromatic rings. The van der Waals surface area contributed by atoms with Crippen molar-refractivity contribution in [3.05, 3.63) is 75.9 Å². The number of aromatic nitrogens is 4.